The number of nitrogen functional groups attached to an aromatic ring is 1. The van der Waals surface area contributed by atoms with Gasteiger partial charge >= 0.3 is 0 Å². The smallest absolute Gasteiger partial charge is 0.171 e. The number of Topliss-reactive ketones (excluding diaryl/α,β-unsaturated/α-hetero) is 1. The van der Waals surface area contributed by atoms with Gasteiger partial charge in [0.1, 0.15) is 5.00 Å². The van der Waals surface area contributed by atoms with E-state index in [0.29, 0.717) is 5.69 Å². The third-order valence-electron chi connectivity index (χ3n) is 3.71. The van der Waals surface area contributed by atoms with Crippen molar-refractivity contribution in [3.05, 3.63) is 4.88 Å². The average molecular weight is 298 g/mol. The lowest BCUT2D eigenvalue weighted by molar-refractivity contribution is 0.102. The zero-order chi connectivity index (χ0) is 14.0. The number of hydrogen-bond donors (Lipinski definition) is 1. The van der Waals surface area contributed by atoms with Crippen LogP contribution in [-0.4, -0.2) is 25.1 Å². The molecule has 0 saturated carbocycles. The molecule has 1 saturated heterocycles. The predicted octanol–water partition coefficient (Wildman–Crippen LogP) is 3.88. The van der Waals surface area contributed by atoms with Crippen molar-refractivity contribution in [2.75, 3.05) is 30.0 Å². The molecular formula is C14H22N2OS2. The monoisotopic (exact) mass is 298 g/mol. The summed E-state index contributed by atoms with van der Waals surface area (Å²) in [6.07, 6.45) is 5.78. The fourth-order valence-corrected chi connectivity index (χ4v) is 4.68. The Labute approximate surface area is 123 Å². The van der Waals surface area contributed by atoms with E-state index in [-0.39, 0.29) is 5.78 Å². The number of nitrogens with zero attached hydrogens (tertiary/aromatic N) is 1. The number of anilines is 2. The number of ketones is 1. The van der Waals surface area contributed by atoms with E-state index >= 15 is 0 Å². The fraction of sp³-hybridized carbons (Fsp3) is 0.643. The van der Waals surface area contributed by atoms with Crippen LogP contribution in [0.3, 0.4) is 0 Å². The molecule has 2 N–H and O–H groups in total. The topological polar surface area (TPSA) is 46.3 Å². The second kappa shape index (κ2) is 6.18. The molecule has 0 radical (unpaired) electrons. The van der Waals surface area contributed by atoms with Gasteiger partial charge in [-0.25, -0.2) is 0 Å². The van der Waals surface area contributed by atoms with Crippen LogP contribution in [0.1, 0.15) is 42.8 Å². The van der Waals surface area contributed by atoms with Crippen molar-refractivity contribution < 1.29 is 4.79 Å². The van der Waals surface area contributed by atoms with Gasteiger partial charge in [-0.2, -0.15) is 0 Å². The van der Waals surface area contributed by atoms with E-state index < -0.39 is 0 Å². The van der Waals surface area contributed by atoms with Gasteiger partial charge in [-0.05, 0) is 31.4 Å². The van der Waals surface area contributed by atoms with Crippen LogP contribution in [0.4, 0.5) is 10.7 Å². The molecule has 0 aromatic carbocycles. The predicted molar refractivity (Wildman–Crippen MR) is 85.7 cm³/mol. The summed E-state index contributed by atoms with van der Waals surface area (Å²) in [7, 11) is 0. The molecule has 1 aliphatic rings. The van der Waals surface area contributed by atoms with Crippen molar-refractivity contribution in [1.29, 1.82) is 0 Å². The molecule has 1 atom stereocenters. The molecule has 1 aromatic heterocycles. The van der Waals surface area contributed by atoms with Crippen molar-refractivity contribution in [2.24, 2.45) is 5.92 Å². The van der Waals surface area contributed by atoms with Gasteiger partial charge < -0.3 is 10.6 Å². The molecule has 3 nitrogen and oxygen atoms in total. The number of carbonyl (C=O) groups is 1. The first-order valence-electron chi connectivity index (χ1n) is 6.76. The van der Waals surface area contributed by atoms with E-state index in [4.69, 9.17) is 5.73 Å². The van der Waals surface area contributed by atoms with Crippen molar-refractivity contribution in [2.45, 2.75) is 38.0 Å². The Hall–Kier alpha value is -0.680. The van der Waals surface area contributed by atoms with E-state index in [1.54, 1.807) is 30.0 Å². The van der Waals surface area contributed by atoms with Gasteiger partial charge in [-0.1, -0.05) is 6.92 Å². The highest BCUT2D eigenvalue weighted by Crippen LogP contribution is 2.44. The SMILES string of the molecule is CSc1c(N2CCCC(C)CC2)sc(C(C)=O)c1N. The highest BCUT2D eigenvalue weighted by molar-refractivity contribution is 7.99. The average Bonchev–Trinajstić information content (AvgIpc) is 2.54. The molecule has 19 heavy (non-hydrogen) atoms. The van der Waals surface area contributed by atoms with E-state index in [1.165, 1.54) is 24.3 Å². The van der Waals surface area contributed by atoms with Crippen molar-refractivity contribution >= 4 is 39.6 Å². The second-order valence-electron chi connectivity index (χ2n) is 5.26. The number of rotatable bonds is 3. The molecular weight excluding hydrogens is 276 g/mol. The zero-order valence-electron chi connectivity index (χ0n) is 11.9. The van der Waals surface area contributed by atoms with Gasteiger partial charge in [0.15, 0.2) is 5.78 Å². The van der Waals surface area contributed by atoms with Gasteiger partial charge in [0.25, 0.3) is 0 Å². The Morgan fingerprint density at radius 3 is 2.79 bits per heavy atom. The van der Waals surface area contributed by atoms with Crippen LogP contribution < -0.4 is 10.6 Å². The minimum Gasteiger partial charge on any atom is -0.396 e. The van der Waals surface area contributed by atoms with E-state index in [1.807, 2.05) is 6.26 Å². The second-order valence-corrected chi connectivity index (χ2v) is 7.08. The Morgan fingerprint density at radius 2 is 2.16 bits per heavy atom. The highest BCUT2D eigenvalue weighted by atomic mass is 32.2. The van der Waals surface area contributed by atoms with Crippen LogP contribution in [0, 0.1) is 5.92 Å². The third-order valence-corrected chi connectivity index (χ3v) is 6.03. The van der Waals surface area contributed by atoms with Gasteiger partial charge in [-0.3, -0.25) is 4.79 Å². The van der Waals surface area contributed by atoms with E-state index in [0.717, 1.165) is 28.8 Å². The number of carbonyl (C=O) groups excluding carboxylic acids is 1. The van der Waals surface area contributed by atoms with Crippen LogP contribution in [0.15, 0.2) is 4.90 Å². The van der Waals surface area contributed by atoms with Gasteiger partial charge in [0.2, 0.25) is 0 Å². The van der Waals surface area contributed by atoms with Crippen LogP contribution >= 0.6 is 23.1 Å². The quantitative estimate of drug-likeness (QED) is 0.679. The summed E-state index contributed by atoms with van der Waals surface area (Å²) in [5, 5.41) is 1.20. The van der Waals surface area contributed by atoms with Gasteiger partial charge in [-0.15, -0.1) is 23.1 Å². The molecule has 1 aromatic rings. The lowest BCUT2D eigenvalue weighted by atomic mass is 10.0. The standard InChI is InChI=1S/C14H22N2OS2/c1-9-5-4-7-16(8-6-9)14-13(18-3)11(15)12(19-14)10(2)17/h9H,4-8,15H2,1-3H3. The first-order valence-corrected chi connectivity index (χ1v) is 8.80. The molecule has 106 valence electrons. The minimum atomic E-state index is 0.0761. The third kappa shape index (κ3) is 3.08. The van der Waals surface area contributed by atoms with Crippen LogP contribution in [-0.2, 0) is 0 Å². The summed E-state index contributed by atoms with van der Waals surface area (Å²) in [5.74, 6) is 0.875. The maximum absolute atomic E-state index is 11.7. The largest absolute Gasteiger partial charge is 0.396 e. The van der Waals surface area contributed by atoms with Crippen molar-refractivity contribution in [3.63, 3.8) is 0 Å². The maximum Gasteiger partial charge on any atom is 0.171 e. The first kappa shape index (κ1) is 14.7. The number of nitrogens with two attached hydrogens (primary N) is 1. The molecule has 0 spiro atoms. The highest BCUT2D eigenvalue weighted by Gasteiger charge is 2.23. The Morgan fingerprint density at radius 1 is 1.42 bits per heavy atom. The van der Waals surface area contributed by atoms with Crippen LogP contribution in [0.2, 0.25) is 0 Å². The zero-order valence-corrected chi connectivity index (χ0v) is 13.5. The summed E-state index contributed by atoms with van der Waals surface area (Å²) in [5.41, 5.74) is 6.81. The summed E-state index contributed by atoms with van der Waals surface area (Å²) >= 11 is 3.22. The van der Waals surface area contributed by atoms with Crippen molar-refractivity contribution in [1.82, 2.24) is 0 Å². The molecule has 2 rings (SSSR count). The van der Waals surface area contributed by atoms with E-state index in [2.05, 4.69) is 11.8 Å². The number of thioether (sulfide) groups is 1. The summed E-state index contributed by atoms with van der Waals surface area (Å²) < 4.78 is 0. The first-order chi connectivity index (χ1) is 9.04. The molecule has 1 fully saturated rings. The summed E-state index contributed by atoms with van der Waals surface area (Å²) in [4.78, 5) is 15.9. The molecule has 0 bridgehead atoms. The molecule has 2 heterocycles. The summed E-state index contributed by atoms with van der Waals surface area (Å²) in [6, 6.07) is 0. The molecule has 1 unspecified atom stereocenters. The molecule has 5 heteroatoms. The number of thiophene rings is 1. The van der Waals surface area contributed by atoms with Gasteiger partial charge in [0, 0.05) is 20.0 Å². The lowest BCUT2D eigenvalue weighted by Gasteiger charge is -2.22. The molecule has 0 amide bonds. The van der Waals surface area contributed by atoms with Crippen LogP contribution in [0.25, 0.3) is 0 Å². The normalized spacial score (nSPS) is 20.4. The van der Waals surface area contributed by atoms with E-state index in [9.17, 15) is 4.79 Å². The maximum atomic E-state index is 11.7. The van der Waals surface area contributed by atoms with Gasteiger partial charge in [0.05, 0.1) is 15.5 Å². The number of hydrogen-bond acceptors (Lipinski definition) is 5. The Balaban J connectivity index is 2.32. The molecule has 0 aliphatic carbocycles. The Kier molecular flexibility index (Phi) is 4.79. The Bertz CT molecular complexity index is 470. The minimum absolute atomic E-state index is 0.0761. The summed E-state index contributed by atoms with van der Waals surface area (Å²) in [6.45, 7) is 6.07. The lowest BCUT2D eigenvalue weighted by Crippen LogP contribution is -2.23. The van der Waals surface area contributed by atoms with Crippen molar-refractivity contribution in [3.8, 4) is 0 Å². The van der Waals surface area contributed by atoms with Crippen LogP contribution in [0.5, 0.6) is 0 Å². The molecule has 1 aliphatic heterocycles. The fourth-order valence-electron chi connectivity index (χ4n) is 2.55.